The second-order valence-corrected chi connectivity index (χ2v) is 8.81. The zero-order valence-corrected chi connectivity index (χ0v) is 15.8. The normalized spacial score (nSPS) is 38.2. The van der Waals surface area contributed by atoms with Crippen molar-refractivity contribution in [3.8, 4) is 5.75 Å². The van der Waals surface area contributed by atoms with Gasteiger partial charge in [0.25, 0.3) is 0 Å². The van der Waals surface area contributed by atoms with Crippen molar-refractivity contribution < 1.29 is 19.7 Å². The molecule has 0 bridgehead atoms. The van der Waals surface area contributed by atoms with Crippen molar-refractivity contribution >= 4 is 5.97 Å². The standard InChI is InChI=1S/C22H30O4/c1-3-26-20(24)13-22(25)11-9-19-18-6-4-14-12-15(23)5-7-16(14)17(18)8-10-21(19,22)2/h5,7,12,17-19,23,25H,3-4,6,8-11,13H2,1-2H3/t17-,18-,19+,21+,22-/m1/s1. The lowest BCUT2D eigenvalue weighted by molar-refractivity contribution is -0.159. The molecular weight excluding hydrogens is 328 g/mol. The fraction of sp³-hybridized carbons (Fsp3) is 0.682. The summed E-state index contributed by atoms with van der Waals surface area (Å²) in [6, 6.07) is 5.83. The maximum absolute atomic E-state index is 12.1. The molecule has 0 unspecified atom stereocenters. The smallest absolute Gasteiger partial charge is 0.308 e. The quantitative estimate of drug-likeness (QED) is 0.804. The number of esters is 1. The average Bonchev–Trinajstić information content (AvgIpc) is 2.85. The topological polar surface area (TPSA) is 66.8 Å². The van der Waals surface area contributed by atoms with Crippen molar-refractivity contribution in [1.29, 1.82) is 0 Å². The molecule has 5 atom stereocenters. The molecule has 2 N–H and O–H groups in total. The first-order valence-corrected chi connectivity index (χ1v) is 10.1. The summed E-state index contributed by atoms with van der Waals surface area (Å²) >= 11 is 0. The van der Waals surface area contributed by atoms with Crippen LogP contribution >= 0.6 is 0 Å². The van der Waals surface area contributed by atoms with E-state index in [0.29, 0.717) is 36.5 Å². The number of carbonyl (C=O) groups is 1. The van der Waals surface area contributed by atoms with E-state index in [0.717, 1.165) is 32.1 Å². The summed E-state index contributed by atoms with van der Waals surface area (Å²) in [6.45, 7) is 4.37. The molecular formula is C22H30O4. The summed E-state index contributed by atoms with van der Waals surface area (Å²) in [4.78, 5) is 12.1. The summed E-state index contributed by atoms with van der Waals surface area (Å²) in [7, 11) is 0. The number of benzene rings is 1. The number of aryl methyl sites for hydroxylation is 1. The second kappa shape index (κ2) is 6.26. The Labute approximate surface area is 155 Å². The van der Waals surface area contributed by atoms with Gasteiger partial charge in [-0.1, -0.05) is 13.0 Å². The second-order valence-electron chi connectivity index (χ2n) is 8.81. The Bertz CT molecular complexity index is 714. The third-order valence-corrected chi connectivity index (χ3v) is 7.77. The van der Waals surface area contributed by atoms with E-state index in [2.05, 4.69) is 13.0 Å². The maximum Gasteiger partial charge on any atom is 0.308 e. The van der Waals surface area contributed by atoms with Gasteiger partial charge in [0, 0.05) is 5.41 Å². The van der Waals surface area contributed by atoms with Gasteiger partial charge in [-0.05, 0) is 86.5 Å². The molecule has 26 heavy (non-hydrogen) atoms. The highest BCUT2D eigenvalue weighted by Crippen LogP contribution is 2.65. The Morgan fingerprint density at radius 1 is 1.27 bits per heavy atom. The number of ether oxygens (including phenoxy) is 1. The van der Waals surface area contributed by atoms with Crippen LogP contribution in [0.15, 0.2) is 18.2 Å². The number of aliphatic hydroxyl groups is 1. The molecule has 0 spiro atoms. The molecule has 1 aromatic rings. The first-order valence-electron chi connectivity index (χ1n) is 10.1. The van der Waals surface area contributed by atoms with Gasteiger partial charge in [0.1, 0.15) is 5.75 Å². The van der Waals surface area contributed by atoms with Crippen LogP contribution in [0.2, 0.25) is 0 Å². The number of hydrogen-bond acceptors (Lipinski definition) is 4. The van der Waals surface area contributed by atoms with Crippen LogP contribution in [-0.2, 0) is 16.0 Å². The molecule has 4 rings (SSSR count). The Balaban J connectivity index is 1.60. The average molecular weight is 358 g/mol. The highest BCUT2D eigenvalue weighted by molar-refractivity contribution is 5.71. The molecule has 0 aromatic heterocycles. The summed E-state index contributed by atoms with van der Waals surface area (Å²) in [5.74, 6) is 1.60. The number of fused-ring (bicyclic) bond motifs is 5. The molecule has 1 aromatic carbocycles. The lowest BCUT2D eigenvalue weighted by Crippen LogP contribution is -2.51. The highest BCUT2D eigenvalue weighted by atomic mass is 16.5. The minimum Gasteiger partial charge on any atom is -0.508 e. The molecule has 2 fully saturated rings. The van der Waals surface area contributed by atoms with E-state index in [9.17, 15) is 15.0 Å². The van der Waals surface area contributed by atoms with Gasteiger partial charge < -0.3 is 14.9 Å². The van der Waals surface area contributed by atoms with Gasteiger partial charge in [-0.25, -0.2) is 0 Å². The number of phenolic OH excluding ortho intramolecular Hbond substituents is 1. The van der Waals surface area contributed by atoms with Gasteiger partial charge in [-0.3, -0.25) is 4.79 Å². The predicted molar refractivity (Wildman–Crippen MR) is 98.9 cm³/mol. The van der Waals surface area contributed by atoms with Gasteiger partial charge in [-0.2, -0.15) is 0 Å². The van der Waals surface area contributed by atoms with E-state index in [4.69, 9.17) is 4.74 Å². The van der Waals surface area contributed by atoms with Crippen molar-refractivity contribution in [3.63, 3.8) is 0 Å². The Kier molecular flexibility index (Phi) is 4.30. The Morgan fingerprint density at radius 2 is 2.08 bits per heavy atom. The number of phenols is 1. The molecule has 3 aliphatic rings. The van der Waals surface area contributed by atoms with Crippen molar-refractivity contribution in [2.75, 3.05) is 6.61 Å². The van der Waals surface area contributed by atoms with Gasteiger partial charge in [-0.15, -0.1) is 0 Å². The van der Waals surface area contributed by atoms with Crippen molar-refractivity contribution in [3.05, 3.63) is 29.3 Å². The molecule has 142 valence electrons. The van der Waals surface area contributed by atoms with Crippen LogP contribution in [0.5, 0.6) is 5.75 Å². The van der Waals surface area contributed by atoms with E-state index in [1.54, 1.807) is 6.07 Å². The van der Waals surface area contributed by atoms with Gasteiger partial charge >= 0.3 is 5.97 Å². The van der Waals surface area contributed by atoms with E-state index in [-0.39, 0.29) is 17.8 Å². The minimum atomic E-state index is -0.940. The number of carbonyl (C=O) groups excluding carboxylic acids is 1. The molecule has 0 saturated heterocycles. The van der Waals surface area contributed by atoms with Gasteiger partial charge in [0.2, 0.25) is 0 Å². The van der Waals surface area contributed by atoms with E-state index in [1.165, 1.54) is 11.1 Å². The van der Waals surface area contributed by atoms with Crippen LogP contribution in [0.3, 0.4) is 0 Å². The Hall–Kier alpha value is -1.55. The molecule has 0 amide bonds. The molecule has 0 radical (unpaired) electrons. The monoisotopic (exact) mass is 358 g/mol. The van der Waals surface area contributed by atoms with Gasteiger partial charge in [0.15, 0.2) is 0 Å². The van der Waals surface area contributed by atoms with Crippen molar-refractivity contribution in [2.24, 2.45) is 17.3 Å². The SMILES string of the molecule is CCOC(=O)C[C@]1(O)CC[C@H]2[C@@H]3CCc4cc(O)ccc4[C@H]3CC[C@@]21C. The van der Waals surface area contributed by atoms with Crippen LogP contribution in [-0.4, -0.2) is 28.4 Å². The number of hydrogen-bond donors (Lipinski definition) is 2. The molecule has 4 nitrogen and oxygen atoms in total. The third-order valence-electron chi connectivity index (χ3n) is 7.77. The highest BCUT2D eigenvalue weighted by Gasteiger charge is 2.62. The van der Waals surface area contributed by atoms with Crippen LogP contribution in [0.4, 0.5) is 0 Å². The molecule has 0 heterocycles. The van der Waals surface area contributed by atoms with Crippen molar-refractivity contribution in [2.45, 2.75) is 70.3 Å². The van der Waals surface area contributed by atoms with E-state index in [1.807, 2.05) is 13.0 Å². The summed E-state index contributed by atoms with van der Waals surface area (Å²) in [5.41, 5.74) is 1.52. The van der Waals surface area contributed by atoms with Crippen LogP contribution in [0.25, 0.3) is 0 Å². The number of rotatable bonds is 3. The predicted octanol–water partition coefficient (Wildman–Crippen LogP) is 3.93. The largest absolute Gasteiger partial charge is 0.508 e. The maximum atomic E-state index is 12.1. The zero-order chi connectivity index (χ0) is 18.5. The fourth-order valence-electron chi connectivity index (χ4n) is 6.42. The Morgan fingerprint density at radius 3 is 2.85 bits per heavy atom. The zero-order valence-electron chi connectivity index (χ0n) is 15.8. The first-order chi connectivity index (χ1) is 12.4. The summed E-state index contributed by atoms with van der Waals surface area (Å²) < 4.78 is 5.14. The summed E-state index contributed by atoms with van der Waals surface area (Å²) in [5, 5.41) is 21.2. The lowest BCUT2D eigenvalue weighted by atomic mass is 9.53. The van der Waals surface area contributed by atoms with E-state index >= 15 is 0 Å². The van der Waals surface area contributed by atoms with Gasteiger partial charge in [0.05, 0.1) is 18.6 Å². The molecule has 3 aliphatic carbocycles. The first kappa shape index (κ1) is 17.8. The van der Waals surface area contributed by atoms with Crippen molar-refractivity contribution in [1.82, 2.24) is 0 Å². The molecule has 0 aliphatic heterocycles. The van der Waals surface area contributed by atoms with Crippen LogP contribution in [0, 0.1) is 17.3 Å². The molecule has 4 heteroatoms. The lowest BCUT2D eigenvalue weighted by Gasteiger charge is -2.53. The van der Waals surface area contributed by atoms with Crippen LogP contribution < -0.4 is 0 Å². The summed E-state index contributed by atoms with van der Waals surface area (Å²) in [6.07, 6.45) is 5.88. The molecule has 2 saturated carbocycles. The minimum absolute atomic E-state index is 0.121. The number of aromatic hydroxyl groups is 1. The fourth-order valence-corrected chi connectivity index (χ4v) is 6.42. The third kappa shape index (κ3) is 2.57. The van der Waals surface area contributed by atoms with E-state index < -0.39 is 5.60 Å². The van der Waals surface area contributed by atoms with Crippen LogP contribution in [0.1, 0.15) is 69.4 Å².